The minimum absolute atomic E-state index is 0.0149. The first kappa shape index (κ1) is 19.4. The van der Waals surface area contributed by atoms with Gasteiger partial charge in [-0.3, -0.25) is 14.6 Å². The van der Waals surface area contributed by atoms with E-state index < -0.39 is 17.8 Å². The van der Waals surface area contributed by atoms with Crippen LogP contribution >= 0.6 is 0 Å². The minimum atomic E-state index is -0.586. The first-order chi connectivity index (χ1) is 15.1. The lowest BCUT2D eigenvalue weighted by Crippen LogP contribution is -2.70. The van der Waals surface area contributed by atoms with Crippen molar-refractivity contribution in [2.75, 3.05) is 18.1 Å². The molecule has 2 aromatic carbocycles. The number of aliphatic hydroxyl groups excluding tert-OH is 1. The number of nitrogens with zero attached hydrogens (tertiary/aromatic N) is 3. The Morgan fingerprint density at radius 3 is 2.55 bits per heavy atom. The number of likely N-dealkylation sites (tertiary alicyclic amines) is 1. The van der Waals surface area contributed by atoms with Gasteiger partial charge in [0.2, 0.25) is 0 Å². The van der Waals surface area contributed by atoms with Crippen molar-refractivity contribution in [1.82, 2.24) is 9.88 Å². The van der Waals surface area contributed by atoms with Crippen molar-refractivity contribution in [3.05, 3.63) is 95.6 Å². The van der Waals surface area contributed by atoms with Crippen LogP contribution in [0.3, 0.4) is 0 Å². The van der Waals surface area contributed by atoms with Gasteiger partial charge in [0, 0.05) is 30.5 Å². The molecule has 3 atom stereocenters. The average molecular weight is 417 g/mol. The summed E-state index contributed by atoms with van der Waals surface area (Å²) < 4.78 is 14.3. The molecule has 1 aromatic heterocycles. The smallest absolute Gasteiger partial charge is 0.261 e. The highest BCUT2D eigenvalue weighted by Crippen LogP contribution is 2.48. The predicted molar refractivity (Wildman–Crippen MR) is 112 cm³/mol. The number of fused-ring (bicyclic) bond motifs is 3. The SMILES string of the molecule is O=C(c1ccccc1F)N1C[C@@H]2[C@H](c3ccccc31)[C@@H](CO)N2C(=O)c1cccnc1. The molecule has 0 bridgehead atoms. The van der Waals surface area contributed by atoms with Crippen LogP contribution in [0.5, 0.6) is 0 Å². The Kier molecular flexibility index (Phi) is 4.75. The van der Waals surface area contributed by atoms with E-state index in [0.717, 1.165) is 5.56 Å². The summed E-state index contributed by atoms with van der Waals surface area (Å²) in [5.74, 6) is -1.39. The Balaban J connectivity index is 1.55. The molecule has 2 aliphatic rings. The second-order valence-electron chi connectivity index (χ2n) is 7.75. The molecule has 0 unspecified atom stereocenters. The number of para-hydroxylation sites is 1. The monoisotopic (exact) mass is 417 g/mol. The van der Waals surface area contributed by atoms with Crippen LogP contribution in [0.25, 0.3) is 0 Å². The molecule has 5 rings (SSSR count). The van der Waals surface area contributed by atoms with E-state index in [0.29, 0.717) is 11.3 Å². The minimum Gasteiger partial charge on any atom is -0.394 e. The summed E-state index contributed by atoms with van der Waals surface area (Å²) in [6, 6.07) is 15.9. The molecule has 6 nitrogen and oxygen atoms in total. The van der Waals surface area contributed by atoms with Crippen molar-refractivity contribution >= 4 is 17.5 Å². The van der Waals surface area contributed by atoms with Gasteiger partial charge in [0.25, 0.3) is 11.8 Å². The highest BCUT2D eigenvalue weighted by molar-refractivity contribution is 6.07. The van der Waals surface area contributed by atoms with Crippen LogP contribution in [0.2, 0.25) is 0 Å². The van der Waals surface area contributed by atoms with Crippen molar-refractivity contribution in [3.8, 4) is 0 Å². The van der Waals surface area contributed by atoms with Gasteiger partial charge in [-0.1, -0.05) is 30.3 Å². The number of carbonyl (C=O) groups is 2. The van der Waals surface area contributed by atoms with E-state index in [-0.39, 0.29) is 36.6 Å². The molecule has 0 aliphatic carbocycles. The molecule has 0 saturated carbocycles. The van der Waals surface area contributed by atoms with E-state index in [1.165, 1.54) is 23.2 Å². The van der Waals surface area contributed by atoms with Gasteiger partial charge >= 0.3 is 0 Å². The largest absolute Gasteiger partial charge is 0.394 e. The van der Waals surface area contributed by atoms with Crippen LogP contribution in [0, 0.1) is 5.82 Å². The predicted octanol–water partition coefficient (Wildman–Crippen LogP) is 2.85. The number of aliphatic hydroxyl groups is 1. The molecule has 1 saturated heterocycles. The highest BCUT2D eigenvalue weighted by Gasteiger charge is 2.55. The number of amides is 2. The summed E-state index contributed by atoms with van der Waals surface area (Å²) in [5.41, 5.74) is 1.96. The Bertz CT molecular complexity index is 1150. The number of benzene rings is 2. The van der Waals surface area contributed by atoms with E-state index in [9.17, 15) is 19.1 Å². The van der Waals surface area contributed by atoms with E-state index in [1.54, 1.807) is 35.4 Å². The topological polar surface area (TPSA) is 73.7 Å². The van der Waals surface area contributed by atoms with Crippen LogP contribution in [0.15, 0.2) is 73.1 Å². The Morgan fingerprint density at radius 1 is 1.03 bits per heavy atom. The zero-order valence-corrected chi connectivity index (χ0v) is 16.6. The molecule has 0 spiro atoms. The van der Waals surface area contributed by atoms with Gasteiger partial charge in [-0.15, -0.1) is 0 Å². The normalized spacial score (nSPS) is 21.7. The van der Waals surface area contributed by atoms with Gasteiger partial charge in [0.1, 0.15) is 5.82 Å². The molecule has 1 N–H and O–H groups in total. The van der Waals surface area contributed by atoms with Crippen molar-refractivity contribution < 1.29 is 19.1 Å². The summed E-state index contributed by atoms with van der Waals surface area (Å²) in [6.07, 6.45) is 3.08. The molecule has 0 radical (unpaired) electrons. The highest BCUT2D eigenvalue weighted by atomic mass is 19.1. The number of hydrogen-bond acceptors (Lipinski definition) is 4. The Morgan fingerprint density at radius 2 is 1.81 bits per heavy atom. The molecule has 2 amide bonds. The summed E-state index contributed by atoms with van der Waals surface area (Å²) in [7, 11) is 0. The number of hydrogen-bond donors (Lipinski definition) is 1. The van der Waals surface area contributed by atoms with Crippen LogP contribution in [-0.4, -0.2) is 52.0 Å². The maximum absolute atomic E-state index is 14.3. The number of pyridine rings is 1. The number of rotatable bonds is 3. The van der Waals surface area contributed by atoms with E-state index in [2.05, 4.69) is 4.98 Å². The van der Waals surface area contributed by atoms with Crippen LogP contribution < -0.4 is 4.90 Å². The zero-order chi connectivity index (χ0) is 21.5. The summed E-state index contributed by atoms with van der Waals surface area (Å²) in [6.45, 7) is 0.0279. The first-order valence-corrected chi connectivity index (χ1v) is 10.1. The van der Waals surface area contributed by atoms with E-state index in [1.807, 2.05) is 24.3 Å². The molecular weight excluding hydrogens is 397 g/mol. The summed E-state index contributed by atoms with van der Waals surface area (Å²) >= 11 is 0. The third-order valence-corrected chi connectivity index (χ3v) is 6.18. The number of aromatic nitrogens is 1. The molecule has 2 aliphatic heterocycles. The standard InChI is InChI=1S/C24H20FN3O3/c25-18-9-3-1-7-16(18)24(31)27-13-20-22(17-8-2-4-10-19(17)27)21(14-29)28(20)23(30)15-6-5-11-26-12-15/h1-12,20-22,29H,13-14H2/t20-,21-,22+/m1/s1. The van der Waals surface area contributed by atoms with Crippen LogP contribution in [-0.2, 0) is 0 Å². The molecule has 1 fully saturated rings. The molecule has 3 heterocycles. The van der Waals surface area contributed by atoms with Gasteiger partial charge < -0.3 is 14.9 Å². The fourth-order valence-corrected chi connectivity index (χ4v) is 4.78. The zero-order valence-electron chi connectivity index (χ0n) is 16.6. The second-order valence-corrected chi connectivity index (χ2v) is 7.75. The van der Waals surface area contributed by atoms with Crippen LogP contribution in [0.1, 0.15) is 32.2 Å². The average Bonchev–Trinajstić information content (AvgIpc) is 2.80. The Labute approximate surface area is 178 Å². The fraction of sp³-hybridized carbons (Fsp3) is 0.208. The molecule has 31 heavy (non-hydrogen) atoms. The van der Waals surface area contributed by atoms with Crippen LogP contribution in [0.4, 0.5) is 10.1 Å². The van der Waals surface area contributed by atoms with Crippen molar-refractivity contribution in [2.24, 2.45) is 0 Å². The van der Waals surface area contributed by atoms with Crippen molar-refractivity contribution in [3.63, 3.8) is 0 Å². The number of carbonyl (C=O) groups excluding carboxylic acids is 2. The molecule has 156 valence electrons. The van der Waals surface area contributed by atoms with Crippen molar-refractivity contribution in [1.29, 1.82) is 0 Å². The van der Waals surface area contributed by atoms with Crippen molar-refractivity contribution in [2.45, 2.75) is 18.0 Å². The van der Waals surface area contributed by atoms with E-state index >= 15 is 0 Å². The third kappa shape index (κ3) is 3.00. The quantitative estimate of drug-likeness (QED) is 0.711. The maximum atomic E-state index is 14.3. The lowest BCUT2D eigenvalue weighted by atomic mass is 9.71. The number of halogens is 1. The van der Waals surface area contributed by atoms with Gasteiger partial charge in [-0.05, 0) is 35.9 Å². The fourth-order valence-electron chi connectivity index (χ4n) is 4.78. The van der Waals surface area contributed by atoms with Gasteiger partial charge in [-0.25, -0.2) is 4.39 Å². The Hall–Kier alpha value is -3.58. The third-order valence-electron chi connectivity index (χ3n) is 6.18. The van der Waals surface area contributed by atoms with Gasteiger partial charge in [0.05, 0.1) is 29.8 Å². The maximum Gasteiger partial charge on any atom is 0.261 e. The second kappa shape index (κ2) is 7.59. The van der Waals surface area contributed by atoms with Gasteiger partial charge in [-0.2, -0.15) is 0 Å². The molecule has 7 heteroatoms. The number of anilines is 1. The lowest BCUT2D eigenvalue weighted by molar-refractivity contribution is -0.0246. The molecular formula is C24H20FN3O3. The first-order valence-electron chi connectivity index (χ1n) is 10.1. The van der Waals surface area contributed by atoms with E-state index in [4.69, 9.17) is 0 Å². The molecule has 3 aromatic rings. The summed E-state index contributed by atoms with van der Waals surface area (Å²) in [4.78, 5) is 33.6. The lowest BCUT2D eigenvalue weighted by Gasteiger charge is -2.58. The van der Waals surface area contributed by atoms with Gasteiger partial charge in [0.15, 0.2) is 0 Å². The summed E-state index contributed by atoms with van der Waals surface area (Å²) in [5, 5.41) is 10.1.